The molecular weight excluding hydrogens is 212 g/mol. The van der Waals surface area contributed by atoms with E-state index in [1.165, 1.54) is 0 Å². The van der Waals surface area contributed by atoms with E-state index in [0.717, 1.165) is 4.48 Å². The molecule has 0 fully saturated rings. The first kappa shape index (κ1) is 23.4. The number of aliphatic hydroxyl groups excluding tert-OH is 1. The van der Waals surface area contributed by atoms with E-state index in [4.69, 9.17) is 16.7 Å². The second kappa shape index (κ2) is 10.5. The topological polar surface area (TPSA) is 50.2 Å². The molecule has 1 atom stereocenters. The first-order chi connectivity index (χ1) is 3.95. The van der Waals surface area contributed by atoms with E-state index in [2.05, 4.69) is 0 Å². The molecule has 0 aromatic heterocycles. The molecule has 2 N–H and O–H groups in total. The van der Waals surface area contributed by atoms with E-state index in [9.17, 15) is 0 Å². The van der Waals surface area contributed by atoms with Crippen molar-refractivity contribution in [1.82, 2.24) is 0 Å². The largest absolute Gasteiger partial charge is 1.00 e. The van der Waals surface area contributed by atoms with Gasteiger partial charge in [0.25, 0.3) is 0 Å². The fourth-order valence-electron chi connectivity index (χ4n) is 0.681. The molecule has 0 aromatic rings. The van der Waals surface area contributed by atoms with Gasteiger partial charge in [0.15, 0.2) is 0 Å². The summed E-state index contributed by atoms with van der Waals surface area (Å²) in [4.78, 5) is 0. The van der Waals surface area contributed by atoms with Gasteiger partial charge in [0.1, 0.15) is 12.6 Å². The Hall–Kier alpha value is 1.46. The van der Waals surface area contributed by atoms with Crippen LogP contribution >= 0.6 is 11.6 Å². The van der Waals surface area contributed by atoms with E-state index in [1.54, 1.807) is 0 Å². The second-order valence-electron chi connectivity index (χ2n) is 3.28. The molecule has 0 heterocycles. The van der Waals surface area contributed by atoms with E-state index in [0.29, 0.717) is 12.4 Å². The third kappa shape index (κ3) is 17.5. The summed E-state index contributed by atoms with van der Waals surface area (Å²) in [5, 5.41) is 9.05. The normalized spacial score (nSPS) is 11.8. The summed E-state index contributed by atoms with van der Waals surface area (Å²) in [7, 11) is 6.07. The number of quaternary nitrogens is 1. The molecule has 0 aliphatic carbocycles. The van der Waals surface area contributed by atoms with E-state index in [1.807, 2.05) is 21.1 Å². The minimum absolute atomic E-state index is 0. The van der Waals surface area contributed by atoms with Crippen LogP contribution in [0.3, 0.4) is 0 Å². The Morgan fingerprint density at radius 3 is 1.75 bits per heavy atom. The van der Waals surface area contributed by atoms with Crippen molar-refractivity contribution in [2.24, 2.45) is 0 Å². The average Bonchev–Trinajstić information content (AvgIpc) is 1.62. The van der Waals surface area contributed by atoms with Crippen molar-refractivity contribution in [1.29, 1.82) is 0 Å². The summed E-state index contributed by atoms with van der Waals surface area (Å²) in [5.41, 5.74) is 0. The number of likely N-dealkylation sites (N-methyl/N-ethyl adjacent to an activating group) is 1. The van der Waals surface area contributed by atoms with Crippen LogP contribution in [0.4, 0.5) is 0 Å². The van der Waals surface area contributed by atoms with Crippen molar-refractivity contribution in [2.45, 2.75) is 6.10 Å². The zero-order chi connectivity index (χ0) is 7.49. The zero-order valence-corrected chi connectivity index (χ0v) is 11.6. The Balaban J connectivity index is -0.000000107. The molecule has 6 heteroatoms. The van der Waals surface area contributed by atoms with Gasteiger partial charge >= 0.3 is 29.6 Å². The third-order valence-electron chi connectivity index (χ3n) is 0.937. The van der Waals surface area contributed by atoms with Crippen LogP contribution in [-0.2, 0) is 0 Å². The molecule has 0 aromatic carbocycles. The predicted octanol–water partition coefficient (Wildman–Crippen LogP) is -5.88. The van der Waals surface area contributed by atoms with Crippen molar-refractivity contribution < 1.29 is 57.0 Å². The summed E-state index contributed by atoms with van der Waals surface area (Å²) in [6, 6.07) is 0. The Kier molecular flexibility index (Phi) is 20.5. The van der Waals surface area contributed by atoms with Crippen LogP contribution in [0.15, 0.2) is 0 Å². The van der Waals surface area contributed by atoms with Crippen LogP contribution in [0.2, 0.25) is 0 Å². The van der Waals surface area contributed by atoms with Gasteiger partial charge in [0.05, 0.1) is 27.0 Å². The monoisotopic (exact) mass is 227 g/mol. The van der Waals surface area contributed by atoms with Gasteiger partial charge in [-0.1, -0.05) is 0 Å². The maximum Gasteiger partial charge on any atom is 1.00 e. The quantitative estimate of drug-likeness (QED) is 0.297. The number of alkyl halides is 1. The molecular formula is C6H16Cl2NNaO2. The summed E-state index contributed by atoms with van der Waals surface area (Å²) < 4.78 is 0.758. The van der Waals surface area contributed by atoms with Crippen molar-refractivity contribution in [3.63, 3.8) is 0 Å². The van der Waals surface area contributed by atoms with E-state index < -0.39 is 0 Å². The number of rotatable bonds is 3. The van der Waals surface area contributed by atoms with E-state index in [-0.39, 0.29) is 53.5 Å². The van der Waals surface area contributed by atoms with Gasteiger partial charge in [-0.2, -0.15) is 0 Å². The van der Waals surface area contributed by atoms with Crippen LogP contribution in [0.25, 0.3) is 0 Å². The number of hydrogen-bond donors (Lipinski definition) is 1. The molecule has 0 saturated carbocycles. The Bertz CT molecular complexity index is 90.1. The van der Waals surface area contributed by atoms with Gasteiger partial charge < -0.3 is 27.5 Å². The predicted molar refractivity (Wildman–Crippen MR) is 41.6 cm³/mol. The molecule has 0 radical (unpaired) electrons. The number of hydrogen-bond acceptors (Lipinski definition) is 2. The number of halogens is 2. The summed E-state index contributed by atoms with van der Waals surface area (Å²) >= 11 is 5.40. The third-order valence-corrected chi connectivity index (χ3v) is 1.29. The fourth-order valence-corrected chi connectivity index (χ4v) is 0.779. The van der Waals surface area contributed by atoms with Crippen molar-refractivity contribution in [2.75, 3.05) is 33.6 Å². The molecule has 0 spiro atoms. The number of nitrogens with zero attached hydrogens (tertiary/aromatic N) is 1. The molecule has 12 heavy (non-hydrogen) atoms. The minimum Gasteiger partial charge on any atom is -1.00 e. The van der Waals surface area contributed by atoms with E-state index >= 15 is 0 Å². The van der Waals surface area contributed by atoms with Crippen molar-refractivity contribution >= 4 is 11.6 Å². The van der Waals surface area contributed by atoms with Crippen LogP contribution in [0.5, 0.6) is 0 Å². The van der Waals surface area contributed by atoms with Gasteiger partial charge in [-0.3, -0.25) is 0 Å². The maximum absolute atomic E-state index is 9.05. The van der Waals surface area contributed by atoms with Gasteiger partial charge in [0, 0.05) is 0 Å². The molecule has 72 valence electrons. The molecule has 3 nitrogen and oxygen atoms in total. The molecule has 0 amide bonds. The Labute approximate surface area is 108 Å². The maximum atomic E-state index is 9.05. The summed E-state index contributed by atoms with van der Waals surface area (Å²) in [6.45, 7) is 0.712. The molecule has 0 bridgehead atoms. The molecule has 0 aliphatic heterocycles. The second-order valence-corrected chi connectivity index (χ2v) is 3.59. The van der Waals surface area contributed by atoms with Crippen LogP contribution in [-0.4, -0.2) is 54.7 Å². The first-order valence-electron chi connectivity index (χ1n) is 3.00. The van der Waals surface area contributed by atoms with Crippen LogP contribution in [0, 0.1) is 0 Å². The molecule has 0 rings (SSSR count). The molecule has 1 unspecified atom stereocenters. The van der Waals surface area contributed by atoms with Crippen LogP contribution < -0.4 is 42.0 Å². The SMILES string of the molecule is C[N+](C)(C)CC(O)CCl.[Cl-].[Na+].[OH-]. The summed E-state index contributed by atoms with van der Waals surface area (Å²) in [5.74, 6) is 0.329. The van der Waals surface area contributed by atoms with Gasteiger partial charge in [0.2, 0.25) is 0 Å². The Morgan fingerprint density at radius 2 is 1.67 bits per heavy atom. The Morgan fingerprint density at radius 1 is 1.33 bits per heavy atom. The zero-order valence-electron chi connectivity index (χ0n) is 8.09. The van der Waals surface area contributed by atoms with Gasteiger partial charge in [-0.05, 0) is 0 Å². The molecule has 0 aliphatic rings. The fraction of sp³-hybridized carbons (Fsp3) is 1.00. The standard InChI is InChI=1S/C6H15ClNO.ClH.Na.H2O/c1-8(2,3)5-6(9)4-7;;;/h6,9H,4-5H2,1-3H3;1H;;1H2/q+1;;+1;/p-2. The minimum atomic E-state index is -0.369. The van der Waals surface area contributed by atoms with Crippen LogP contribution in [0.1, 0.15) is 0 Å². The number of aliphatic hydroxyl groups is 1. The van der Waals surface area contributed by atoms with Gasteiger partial charge in [-0.15, -0.1) is 11.6 Å². The van der Waals surface area contributed by atoms with Crippen molar-refractivity contribution in [3.8, 4) is 0 Å². The molecule has 0 saturated heterocycles. The first-order valence-corrected chi connectivity index (χ1v) is 3.53. The van der Waals surface area contributed by atoms with Gasteiger partial charge in [-0.25, -0.2) is 0 Å². The summed E-state index contributed by atoms with van der Waals surface area (Å²) in [6.07, 6.45) is -0.369. The van der Waals surface area contributed by atoms with Crippen molar-refractivity contribution in [3.05, 3.63) is 0 Å². The average molecular weight is 228 g/mol. The smallest absolute Gasteiger partial charge is 1.00 e.